The predicted molar refractivity (Wildman–Crippen MR) is 101 cm³/mol. The van der Waals surface area contributed by atoms with Crippen molar-refractivity contribution in [1.29, 1.82) is 0 Å². The van der Waals surface area contributed by atoms with E-state index < -0.39 is 9.71 Å². The average Bonchev–Trinajstić information content (AvgIpc) is 3.23. The van der Waals surface area contributed by atoms with E-state index >= 15 is 0 Å². The molecule has 1 unspecified atom stereocenters. The van der Waals surface area contributed by atoms with Crippen molar-refractivity contribution in [2.75, 3.05) is 11.0 Å². The minimum atomic E-state index is -2.30. The fourth-order valence-electron chi connectivity index (χ4n) is 2.66. The SMILES string of the molecule is C=S(C)(=O)Nc1ccc(-c2ncnn3cc(-c4cn[nH]c4)cc23)cc1. The molecule has 126 valence electrons. The molecule has 0 fully saturated rings. The highest BCUT2D eigenvalue weighted by Gasteiger charge is 2.11. The zero-order valence-corrected chi connectivity index (χ0v) is 14.3. The summed E-state index contributed by atoms with van der Waals surface area (Å²) in [6.07, 6.45) is 8.64. The number of fused-ring (bicyclic) bond motifs is 1. The zero-order valence-electron chi connectivity index (χ0n) is 13.5. The molecule has 0 amide bonds. The summed E-state index contributed by atoms with van der Waals surface area (Å²) >= 11 is 0. The molecule has 7 nitrogen and oxygen atoms in total. The van der Waals surface area contributed by atoms with Crippen LogP contribution >= 0.6 is 0 Å². The molecule has 8 heteroatoms. The Morgan fingerprint density at radius 1 is 1.20 bits per heavy atom. The van der Waals surface area contributed by atoms with E-state index in [1.165, 1.54) is 6.33 Å². The second-order valence-corrected chi connectivity index (χ2v) is 8.05. The van der Waals surface area contributed by atoms with Crippen LogP contribution in [0.4, 0.5) is 5.69 Å². The third kappa shape index (κ3) is 3.11. The Balaban J connectivity index is 1.76. The standard InChI is InChI=1S/C17H16N6OS/c1-25(2,24)22-15-5-3-12(4-6-15)17-16-7-13(14-8-19-20-9-14)10-23(16)21-11-18-17/h3-11H,1H2,2H3,(H,19,20)(H,22,24). The van der Waals surface area contributed by atoms with E-state index in [-0.39, 0.29) is 0 Å². The second kappa shape index (κ2) is 5.75. The van der Waals surface area contributed by atoms with E-state index in [1.54, 1.807) is 17.0 Å². The minimum absolute atomic E-state index is 0.755. The van der Waals surface area contributed by atoms with Gasteiger partial charge in [-0.25, -0.2) is 13.7 Å². The third-order valence-corrected chi connectivity index (χ3v) is 4.40. The number of hydrogen-bond acceptors (Lipinski definition) is 4. The molecular weight excluding hydrogens is 336 g/mol. The molecule has 4 rings (SSSR count). The first-order valence-corrected chi connectivity index (χ1v) is 9.66. The van der Waals surface area contributed by atoms with Crippen molar-refractivity contribution in [2.24, 2.45) is 0 Å². The monoisotopic (exact) mass is 352 g/mol. The van der Waals surface area contributed by atoms with Crippen LogP contribution < -0.4 is 4.72 Å². The Morgan fingerprint density at radius 3 is 2.68 bits per heavy atom. The van der Waals surface area contributed by atoms with E-state index in [1.807, 2.05) is 42.7 Å². The first kappa shape index (κ1) is 15.4. The van der Waals surface area contributed by atoms with Gasteiger partial charge in [0.05, 0.1) is 17.4 Å². The van der Waals surface area contributed by atoms with Crippen molar-refractivity contribution in [3.8, 4) is 22.4 Å². The number of benzene rings is 1. The van der Waals surface area contributed by atoms with Crippen molar-refractivity contribution in [3.63, 3.8) is 0 Å². The van der Waals surface area contributed by atoms with E-state index in [4.69, 9.17) is 0 Å². The predicted octanol–water partition coefficient (Wildman–Crippen LogP) is 2.46. The van der Waals surface area contributed by atoms with Gasteiger partial charge in [-0.05, 0) is 24.1 Å². The summed E-state index contributed by atoms with van der Waals surface area (Å²) in [4.78, 5) is 4.43. The van der Waals surface area contributed by atoms with Gasteiger partial charge in [-0.3, -0.25) is 5.10 Å². The van der Waals surface area contributed by atoms with Crippen molar-refractivity contribution >= 4 is 26.8 Å². The van der Waals surface area contributed by atoms with Gasteiger partial charge in [0.25, 0.3) is 0 Å². The van der Waals surface area contributed by atoms with Gasteiger partial charge in [0.2, 0.25) is 0 Å². The van der Waals surface area contributed by atoms with E-state index in [9.17, 15) is 4.21 Å². The molecule has 0 aliphatic carbocycles. The Labute approximate surface area is 144 Å². The van der Waals surface area contributed by atoms with E-state index in [2.05, 4.69) is 30.9 Å². The minimum Gasteiger partial charge on any atom is -0.313 e. The normalized spacial score (nSPS) is 13.6. The molecular formula is C17H16N6OS. The summed E-state index contributed by atoms with van der Waals surface area (Å²) in [5, 5.41) is 11.1. The van der Waals surface area contributed by atoms with Gasteiger partial charge < -0.3 is 4.72 Å². The molecule has 25 heavy (non-hydrogen) atoms. The summed E-state index contributed by atoms with van der Waals surface area (Å²) in [6, 6.07) is 9.62. The lowest BCUT2D eigenvalue weighted by Crippen LogP contribution is -2.08. The number of nitrogens with zero attached hydrogens (tertiary/aromatic N) is 4. The lowest BCUT2D eigenvalue weighted by molar-refractivity contribution is 0.688. The molecule has 3 aromatic heterocycles. The van der Waals surface area contributed by atoms with Gasteiger partial charge in [0.1, 0.15) is 6.33 Å². The average molecular weight is 352 g/mol. The molecule has 0 spiro atoms. The summed E-state index contributed by atoms with van der Waals surface area (Å²) < 4.78 is 16.4. The van der Waals surface area contributed by atoms with E-state index in [0.29, 0.717) is 0 Å². The fraction of sp³-hybridized carbons (Fsp3) is 0.0588. The summed E-state index contributed by atoms with van der Waals surface area (Å²) in [5.74, 6) is 3.60. The van der Waals surface area contributed by atoms with Gasteiger partial charge in [-0.15, -0.1) is 0 Å². The van der Waals surface area contributed by atoms with Gasteiger partial charge in [-0.2, -0.15) is 10.2 Å². The van der Waals surface area contributed by atoms with Crippen LogP contribution in [-0.2, 0) is 9.71 Å². The quantitative estimate of drug-likeness (QED) is 0.552. The molecule has 4 aromatic rings. The van der Waals surface area contributed by atoms with Gasteiger partial charge in [0.15, 0.2) is 0 Å². The smallest absolute Gasteiger partial charge is 0.137 e. The maximum atomic E-state index is 11.7. The van der Waals surface area contributed by atoms with Crippen LogP contribution in [0.2, 0.25) is 0 Å². The third-order valence-electron chi connectivity index (χ3n) is 3.73. The van der Waals surface area contributed by atoms with Crippen LogP contribution in [0.3, 0.4) is 0 Å². The van der Waals surface area contributed by atoms with E-state index in [0.717, 1.165) is 33.6 Å². The first-order chi connectivity index (χ1) is 12.0. The van der Waals surface area contributed by atoms with Crippen molar-refractivity contribution < 1.29 is 4.21 Å². The Hall–Kier alpha value is -3.13. The Morgan fingerprint density at radius 2 is 2.00 bits per heavy atom. The molecule has 0 radical (unpaired) electrons. The molecule has 1 aromatic carbocycles. The van der Waals surface area contributed by atoms with Crippen LogP contribution in [0.5, 0.6) is 0 Å². The molecule has 1 atom stereocenters. The number of rotatable bonds is 4. The Kier molecular flexibility index (Phi) is 3.54. The number of H-pyrrole nitrogens is 1. The van der Waals surface area contributed by atoms with Crippen LogP contribution in [0.25, 0.3) is 27.9 Å². The van der Waals surface area contributed by atoms with Crippen molar-refractivity contribution in [2.45, 2.75) is 0 Å². The van der Waals surface area contributed by atoms with Gasteiger partial charge in [0, 0.05) is 50.7 Å². The molecule has 0 aliphatic rings. The highest BCUT2D eigenvalue weighted by atomic mass is 32.2. The van der Waals surface area contributed by atoms with Crippen molar-refractivity contribution in [1.82, 2.24) is 24.8 Å². The number of nitrogens with one attached hydrogen (secondary N) is 2. The number of aromatic amines is 1. The maximum Gasteiger partial charge on any atom is 0.137 e. The maximum absolute atomic E-state index is 11.7. The lowest BCUT2D eigenvalue weighted by Gasteiger charge is -2.08. The van der Waals surface area contributed by atoms with Crippen LogP contribution in [-0.4, -0.2) is 41.1 Å². The van der Waals surface area contributed by atoms with Crippen LogP contribution in [0.15, 0.2) is 55.2 Å². The highest BCUT2D eigenvalue weighted by Crippen LogP contribution is 2.28. The molecule has 0 bridgehead atoms. The summed E-state index contributed by atoms with van der Waals surface area (Å²) in [7, 11) is -2.30. The van der Waals surface area contributed by atoms with Gasteiger partial charge in [-0.1, -0.05) is 12.1 Å². The highest BCUT2D eigenvalue weighted by molar-refractivity contribution is 8.00. The molecule has 2 N–H and O–H groups in total. The molecule has 0 saturated carbocycles. The summed E-state index contributed by atoms with van der Waals surface area (Å²) in [5.41, 5.74) is 5.42. The molecule has 0 saturated heterocycles. The first-order valence-electron chi connectivity index (χ1n) is 7.52. The topological polar surface area (TPSA) is 88.0 Å². The zero-order chi connectivity index (χ0) is 17.4. The number of anilines is 1. The second-order valence-electron chi connectivity index (χ2n) is 5.84. The number of hydrogen-bond donors (Lipinski definition) is 2. The summed E-state index contributed by atoms with van der Waals surface area (Å²) in [6.45, 7) is 0. The fourth-order valence-corrected chi connectivity index (χ4v) is 3.30. The molecule has 3 heterocycles. The largest absolute Gasteiger partial charge is 0.313 e. The van der Waals surface area contributed by atoms with Crippen molar-refractivity contribution in [3.05, 3.63) is 55.2 Å². The van der Waals surface area contributed by atoms with Crippen LogP contribution in [0.1, 0.15) is 0 Å². The lowest BCUT2D eigenvalue weighted by atomic mass is 10.1. The molecule has 0 aliphatic heterocycles. The Bertz CT molecular complexity index is 1130. The number of aromatic nitrogens is 5. The van der Waals surface area contributed by atoms with Crippen LogP contribution in [0, 0.1) is 0 Å². The van der Waals surface area contributed by atoms with Gasteiger partial charge >= 0.3 is 0 Å².